The molecule has 0 aliphatic carbocycles. The molecule has 0 aliphatic rings. The molecule has 2 unspecified atom stereocenters. The molecule has 0 aliphatic heterocycles. The number of benzene rings is 1. The van der Waals surface area contributed by atoms with Gasteiger partial charge in [-0.25, -0.2) is 0 Å². The highest BCUT2D eigenvalue weighted by molar-refractivity contribution is 7.84. The van der Waals surface area contributed by atoms with Gasteiger partial charge in [0, 0.05) is 34.4 Å². The third-order valence-electron chi connectivity index (χ3n) is 3.16. The first-order valence-corrected chi connectivity index (χ1v) is 8.22. The van der Waals surface area contributed by atoms with Crippen LogP contribution in [0.1, 0.15) is 24.5 Å². The number of hydrogen-bond acceptors (Lipinski definition) is 4. The van der Waals surface area contributed by atoms with Crippen LogP contribution in [0.15, 0.2) is 29.4 Å². The van der Waals surface area contributed by atoms with Gasteiger partial charge in [-0.15, -0.1) is 0 Å². The van der Waals surface area contributed by atoms with Gasteiger partial charge in [-0.2, -0.15) is 0 Å². The number of nitrogens with two attached hydrogens (primary N) is 1. The molecule has 1 aromatic carbocycles. The Balaban J connectivity index is 2.43. The fourth-order valence-corrected chi connectivity index (χ4v) is 2.13. The van der Waals surface area contributed by atoms with Crippen molar-refractivity contribution < 1.29 is 14.2 Å². The van der Waals surface area contributed by atoms with Crippen LogP contribution in [0.2, 0.25) is 0 Å². The van der Waals surface area contributed by atoms with E-state index >= 15 is 0 Å². The highest BCUT2D eigenvalue weighted by Crippen LogP contribution is 2.05. The molecule has 7 heteroatoms. The van der Waals surface area contributed by atoms with Crippen molar-refractivity contribution in [3.8, 4) is 0 Å². The molecule has 0 heterocycles. The summed E-state index contributed by atoms with van der Waals surface area (Å²) < 4.78 is 11.2. The lowest BCUT2D eigenvalue weighted by Gasteiger charge is -2.09. The highest BCUT2D eigenvalue weighted by atomic mass is 32.2. The molecule has 1 amide bonds. The maximum Gasteiger partial charge on any atom is 0.224 e. The first-order valence-electron chi connectivity index (χ1n) is 6.59. The van der Waals surface area contributed by atoms with Gasteiger partial charge in [0.1, 0.15) is 0 Å². The number of rotatable bonds is 7. The van der Waals surface area contributed by atoms with Gasteiger partial charge in [0.05, 0.1) is 6.42 Å². The summed E-state index contributed by atoms with van der Waals surface area (Å²) in [4.78, 5) is 11.8. The molecule has 116 valence electrons. The van der Waals surface area contributed by atoms with Crippen molar-refractivity contribution in [3.05, 3.63) is 35.4 Å². The highest BCUT2D eigenvalue weighted by Gasteiger charge is 2.08. The van der Waals surface area contributed by atoms with Crippen molar-refractivity contribution in [1.82, 2.24) is 5.32 Å². The van der Waals surface area contributed by atoms with Crippen molar-refractivity contribution in [2.45, 2.75) is 25.0 Å². The average molecular weight is 311 g/mol. The van der Waals surface area contributed by atoms with Crippen LogP contribution in [0.5, 0.6) is 0 Å². The summed E-state index contributed by atoms with van der Waals surface area (Å²) in [7, 11) is -0.866. The number of amidine groups is 1. The molecule has 4 N–H and O–H groups in total. The van der Waals surface area contributed by atoms with Gasteiger partial charge >= 0.3 is 0 Å². The summed E-state index contributed by atoms with van der Waals surface area (Å²) in [5, 5.41) is 14.3. The van der Waals surface area contributed by atoms with E-state index in [4.69, 9.17) is 10.9 Å². The van der Waals surface area contributed by atoms with Gasteiger partial charge < -0.3 is 16.3 Å². The zero-order valence-electron chi connectivity index (χ0n) is 12.2. The lowest BCUT2D eigenvalue weighted by Crippen LogP contribution is -2.28. The van der Waals surface area contributed by atoms with Gasteiger partial charge in [-0.3, -0.25) is 9.00 Å². The molecule has 21 heavy (non-hydrogen) atoms. The predicted molar refractivity (Wildman–Crippen MR) is 83.8 cm³/mol. The molecule has 0 saturated heterocycles. The first kappa shape index (κ1) is 17.2. The van der Waals surface area contributed by atoms with Crippen LogP contribution in [0.25, 0.3) is 0 Å². The Morgan fingerprint density at radius 3 is 2.57 bits per heavy atom. The van der Waals surface area contributed by atoms with Crippen LogP contribution >= 0.6 is 0 Å². The van der Waals surface area contributed by atoms with Crippen LogP contribution in [0.4, 0.5) is 0 Å². The number of nitrogens with zero attached hydrogens (tertiary/aromatic N) is 1. The first-order chi connectivity index (χ1) is 9.93. The Kier molecular flexibility index (Phi) is 6.87. The topological polar surface area (TPSA) is 105 Å². The van der Waals surface area contributed by atoms with E-state index in [1.165, 1.54) is 0 Å². The standard InChI is InChI=1S/C14H21N3O3S/c1-10(21(2)20)7-8-16-13(18)9-11-3-5-12(6-4-11)14(15)17-19/h3-6,10,19H,7-9H2,1-2H3,(H2,15,17)(H,16,18). The van der Waals surface area contributed by atoms with Crippen molar-refractivity contribution in [2.75, 3.05) is 12.8 Å². The lowest BCUT2D eigenvalue weighted by atomic mass is 10.1. The third kappa shape index (κ3) is 5.95. The third-order valence-corrected chi connectivity index (χ3v) is 4.53. The largest absolute Gasteiger partial charge is 0.409 e. The Hall–Kier alpha value is -1.89. The van der Waals surface area contributed by atoms with Crippen LogP contribution in [0.3, 0.4) is 0 Å². The van der Waals surface area contributed by atoms with E-state index in [1.54, 1.807) is 30.5 Å². The maximum absolute atomic E-state index is 11.8. The summed E-state index contributed by atoms with van der Waals surface area (Å²) in [6, 6.07) is 6.91. The van der Waals surface area contributed by atoms with E-state index in [9.17, 15) is 9.00 Å². The molecule has 0 aromatic heterocycles. The van der Waals surface area contributed by atoms with Crippen LogP contribution in [-0.4, -0.2) is 39.2 Å². The molecular formula is C14H21N3O3S. The number of carbonyl (C=O) groups is 1. The SMILES string of the molecule is CC(CCNC(=O)Cc1ccc(/C(N)=N/O)cc1)S(C)=O. The van der Waals surface area contributed by atoms with Crippen LogP contribution < -0.4 is 11.1 Å². The number of oxime groups is 1. The minimum absolute atomic E-state index is 0.0348. The molecule has 0 radical (unpaired) electrons. The second-order valence-electron chi connectivity index (χ2n) is 4.81. The minimum Gasteiger partial charge on any atom is -0.409 e. The smallest absolute Gasteiger partial charge is 0.224 e. The van der Waals surface area contributed by atoms with Gasteiger partial charge in [0.15, 0.2) is 5.84 Å². The summed E-state index contributed by atoms with van der Waals surface area (Å²) in [6.45, 7) is 2.41. The Morgan fingerprint density at radius 2 is 2.05 bits per heavy atom. The fraction of sp³-hybridized carbons (Fsp3) is 0.429. The van der Waals surface area contributed by atoms with Gasteiger partial charge in [-0.05, 0) is 12.0 Å². The molecule has 2 atom stereocenters. The van der Waals surface area contributed by atoms with E-state index in [1.807, 2.05) is 6.92 Å². The lowest BCUT2D eigenvalue weighted by molar-refractivity contribution is -0.120. The number of nitrogens with one attached hydrogen (secondary N) is 1. The van der Waals surface area contributed by atoms with E-state index in [0.717, 1.165) is 5.56 Å². The Bertz CT molecular complexity index is 529. The second-order valence-corrected chi connectivity index (χ2v) is 6.61. The fourth-order valence-electron chi connectivity index (χ4n) is 1.68. The summed E-state index contributed by atoms with van der Waals surface area (Å²) >= 11 is 0. The Morgan fingerprint density at radius 1 is 1.43 bits per heavy atom. The van der Waals surface area contributed by atoms with Gasteiger partial charge in [0.2, 0.25) is 5.91 Å². The van der Waals surface area contributed by atoms with E-state index < -0.39 is 10.8 Å². The molecule has 0 spiro atoms. The van der Waals surface area contributed by atoms with Crippen LogP contribution in [-0.2, 0) is 22.0 Å². The van der Waals surface area contributed by atoms with Crippen molar-refractivity contribution in [1.29, 1.82) is 0 Å². The zero-order chi connectivity index (χ0) is 15.8. The summed E-state index contributed by atoms with van der Waals surface area (Å²) in [6.07, 6.45) is 2.62. The van der Waals surface area contributed by atoms with Crippen LogP contribution in [0, 0.1) is 0 Å². The molecule has 0 bridgehead atoms. The minimum atomic E-state index is -0.866. The van der Waals surface area contributed by atoms with Gasteiger partial charge in [0.25, 0.3) is 0 Å². The molecule has 0 fully saturated rings. The zero-order valence-corrected chi connectivity index (χ0v) is 13.0. The molecular weight excluding hydrogens is 290 g/mol. The quantitative estimate of drug-likeness (QED) is 0.297. The Labute approximate surface area is 126 Å². The van der Waals surface area contributed by atoms with E-state index in [-0.39, 0.29) is 23.4 Å². The molecule has 1 rings (SSSR count). The monoisotopic (exact) mass is 311 g/mol. The predicted octanol–water partition coefficient (Wildman–Crippen LogP) is 0.597. The second kappa shape index (κ2) is 8.41. The summed E-state index contributed by atoms with van der Waals surface area (Å²) in [5.74, 6) is -0.0480. The number of carbonyl (C=O) groups excluding carboxylic acids is 1. The maximum atomic E-state index is 11.8. The number of amides is 1. The average Bonchev–Trinajstić information content (AvgIpc) is 2.46. The molecule has 1 aromatic rings. The molecule has 6 nitrogen and oxygen atoms in total. The normalized spacial score (nSPS) is 14.5. The van der Waals surface area contributed by atoms with Crippen molar-refractivity contribution >= 4 is 22.5 Å². The van der Waals surface area contributed by atoms with E-state index in [0.29, 0.717) is 18.5 Å². The summed E-state index contributed by atoms with van der Waals surface area (Å²) in [5.41, 5.74) is 6.90. The number of hydrogen-bond donors (Lipinski definition) is 3. The van der Waals surface area contributed by atoms with Crippen molar-refractivity contribution in [3.63, 3.8) is 0 Å². The van der Waals surface area contributed by atoms with Crippen molar-refractivity contribution in [2.24, 2.45) is 10.9 Å². The molecule has 0 saturated carbocycles. The van der Waals surface area contributed by atoms with E-state index in [2.05, 4.69) is 10.5 Å². The van der Waals surface area contributed by atoms with Gasteiger partial charge in [-0.1, -0.05) is 36.3 Å².